The number of anilines is 3. The molecule has 14 rings (SSSR count). The Morgan fingerprint density at radius 3 is 1.34 bits per heavy atom. The molecule has 0 saturated heterocycles. The van der Waals surface area contributed by atoms with Gasteiger partial charge in [0.2, 0.25) is 0 Å². The number of ether oxygens (including phenoxy) is 3. The van der Waals surface area contributed by atoms with Gasteiger partial charge in [-0.25, -0.2) is 29.9 Å². The first-order valence-corrected chi connectivity index (χ1v) is 31.6. The van der Waals surface area contributed by atoms with E-state index in [0.717, 1.165) is 94.9 Å². The number of nitrogens with zero attached hydrogens (tertiary/aromatic N) is 8. The summed E-state index contributed by atoms with van der Waals surface area (Å²) in [5, 5.41) is 7.32. The molecule has 3 fully saturated rings. The van der Waals surface area contributed by atoms with E-state index in [9.17, 15) is 0 Å². The molecule has 0 unspecified atom stereocenters. The first-order valence-electron chi connectivity index (χ1n) is 29.9. The summed E-state index contributed by atoms with van der Waals surface area (Å²) in [6.07, 6.45) is 20.2. The normalized spacial score (nSPS) is 14.1. The van der Waals surface area contributed by atoms with Crippen LogP contribution in [-0.4, -0.2) is 70.2 Å². The highest BCUT2D eigenvalue weighted by Gasteiger charge is 2.26. The number of fused-ring (bicyclic) bond motifs is 3. The van der Waals surface area contributed by atoms with E-state index in [1.807, 2.05) is 80.6 Å². The van der Waals surface area contributed by atoms with Crippen LogP contribution in [0.3, 0.4) is 0 Å². The molecular weight excluding hydrogens is 1190 g/mol. The second kappa shape index (κ2) is 29.1. The molecule has 17 heteroatoms. The predicted molar refractivity (Wildman–Crippen MR) is 361 cm³/mol. The van der Waals surface area contributed by atoms with Crippen molar-refractivity contribution in [3.63, 3.8) is 0 Å². The minimum atomic E-state index is 0.455. The van der Waals surface area contributed by atoms with Gasteiger partial charge in [0.1, 0.15) is 69.3 Å². The van der Waals surface area contributed by atoms with Gasteiger partial charge in [0.05, 0.1) is 48.9 Å². The summed E-state index contributed by atoms with van der Waals surface area (Å²) in [6.45, 7) is 8.32. The van der Waals surface area contributed by atoms with Crippen LogP contribution in [0.1, 0.15) is 111 Å². The molecule has 450 valence electrons. The maximum Gasteiger partial charge on any atom is 0.146 e. The number of aromatic amines is 1. The maximum absolute atomic E-state index is 6.30. The minimum absolute atomic E-state index is 0.455. The number of rotatable bonds is 10. The van der Waals surface area contributed by atoms with Gasteiger partial charge in [-0.1, -0.05) is 89.8 Å². The Kier molecular flexibility index (Phi) is 20.8. The summed E-state index contributed by atoms with van der Waals surface area (Å²) in [5.74, 6) is 3.40. The second-order valence-electron chi connectivity index (χ2n) is 22.6. The maximum atomic E-state index is 6.30. The fourth-order valence-corrected chi connectivity index (χ4v) is 13.1. The lowest BCUT2D eigenvalue weighted by Gasteiger charge is -2.17. The Bertz CT molecular complexity index is 3990. The zero-order chi connectivity index (χ0) is 61.0. The number of aryl methyl sites for hydroxylation is 4. The predicted octanol–water partition coefficient (Wildman–Crippen LogP) is 19.0. The van der Waals surface area contributed by atoms with E-state index >= 15 is 0 Å². The Labute approximate surface area is 528 Å². The van der Waals surface area contributed by atoms with Crippen LogP contribution in [0.2, 0.25) is 10.3 Å². The number of aromatic nitrogens is 9. The summed E-state index contributed by atoms with van der Waals surface area (Å²) in [5.41, 5.74) is 21.7. The first kappa shape index (κ1) is 62.1. The summed E-state index contributed by atoms with van der Waals surface area (Å²) < 4.78 is 20.5. The fraction of sp³-hybridized carbons (Fsp3) is 0.314. The zero-order valence-electron chi connectivity index (χ0n) is 50.6. The Morgan fingerprint density at radius 1 is 0.483 bits per heavy atom. The Balaban J connectivity index is 0.000000132. The lowest BCUT2D eigenvalue weighted by atomic mass is 10.1. The number of nitrogens with one attached hydrogen (secondary N) is 2. The molecule has 3 saturated carbocycles. The van der Waals surface area contributed by atoms with E-state index in [4.69, 9.17) is 48.1 Å². The standard InChI is InChI=1S/C26H28N4O.C18H18ClN3O.C13H10ClN3O.C8H11N.C5H9Br/c1-17-12-18(2)14-20(13-17)29-25-23-15-24(19-8-10-22(31-3)11-9-19)30(21-6-4-5-7-21)26(23)28-16-27-25;1-23-14-8-6-12(7-9-14)16-10-15-17(19)20-11-21-18(15)22(16)13-4-2-3-5-13;1-18-9-4-2-8(3-5-9)11-6-10-12(14)15-7-16-13(10)17-11;1-6-3-7(2)5-8(9)4-6;6-5-3-1-2-4-5/h8-16,21H,4-7H2,1-3H3,(H,27,28,29);6-11,13H,2-5H2,1H3;2-7H,1H3,(H,15,16,17);3-5H,9H2,1-2H3;5H,1-4H2. The highest BCUT2D eigenvalue weighted by atomic mass is 79.9. The molecule has 0 spiro atoms. The van der Waals surface area contributed by atoms with Crippen molar-refractivity contribution in [3.05, 3.63) is 179 Å². The molecule has 6 heterocycles. The van der Waals surface area contributed by atoms with Crippen molar-refractivity contribution in [2.75, 3.05) is 32.4 Å². The zero-order valence-corrected chi connectivity index (χ0v) is 53.7. The number of benzene rings is 5. The van der Waals surface area contributed by atoms with E-state index in [-0.39, 0.29) is 0 Å². The third kappa shape index (κ3) is 15.4. The van der Waals surface area contributed by atoms with Crippen molar-refractivity contribution < 1.29 is 14.2 Å². The van der Waals surface area contributed by atoms with Crippen LogP contribution in [0.4, 0.5) is 17.2 Å². The number of methoxy groups -OCH3 is 3. The van der Waals surface area contributed by atoms with Gasteiger partial charge < -0.3 is 39.4 Å². The monoisotopic (exact) mass is 1270 g/mol. The van der Waals surface area contributed by atoms with Crippen LogP contribution in [-0.2, 0) is 0 Å². The highest BCUT2D eigenvalue weighted by Crippen LogP contribution is 2.42. The Hall–Kier alpha value is -7.98. The molecule has 0 amide bonds. The number of hydrogen-bond acceptors (Lipinski definition) is 11. The number of hydrogen-bond donors (Lipinski definition) is 3. The van der Waals surface area contributed by atoms with Gasteiger partial charge in [-0.05, 0) is 220 Å². The average Bonchev–Trinajstić information content (AvgIpc) is 1.71. The number of nitrogens with two attached hydrogens (primary N) is 1. The molecule has 11 aromatic rings. The van der Waals surface area contributed by atoms with Crippen LogP contribution < -0.4 is 25.3 Å². The van der Waals surface area contributed by atoms with Crippen LogP contribution >= 0.6 is 39.1 Å². The molecule has 0 bridgehead atoms. The number of nitrogen functional groups attached to an aromatic ring is 1. The van der Waals surface area contributed by atoms with E-state index in [1.54, 1.807) is 34.0 Å². The van der Waals surface area contributed by atoms with E-state index < -0.39 is 0 Å². The number of alkyl halides is 1. The lowest BCUT2D eigenvalue weighted by molar-refractivity contribution is 0.414. The van der Waals surface area contributed by atoms with E-state index in [1.165, 1.54) is 117 Å². The molecular formula is C70H76BrCl2N11O3. The lowest BCUT2D eigenvalue weighted by Crippen LogP contribution is -2.07. The average molecular weight is 1270 g/mol. The molecule has 6 aromatic heterocycles. The summed E-state index contributed by atoms with van der Waals surface area (Å²) in [7, 11) is 5.03. The van der Waals surface area contributed by atoms with Gasteiger partial charge in [-0.15, -0.1) is 0 Å². The first-order chi connectivity index (χ1) is 42.2. The Morgan fingerprint density at radius 2 is 0.897 bits per heavy atom. The van der Waals surface area contributed by atoms with Gasteiger partial charge in [0.25, 0.3) is 0 Å². The van der Waals surface area contributed by atoms with Crippen molar-refractivity contribution >= 4 is 89.4 Å². The molecule has 0 radical (unpaired) electrons. The molecule has 5 aromatic carbocycles. The third-order valence-corrected chi connectivity index (χ3v) is 17.7. The smallest absolute Gasteiger partial charge is 0.146 e. The van der Waals surface area contributed by atoms with Gasteiger partial charge >= 0.3 is 0 Å². The van der Waals surface area contributed by atoms with Crippen molar-refractivity contribution in [2.24, 2.45) is 0 Å². The number of H-pyrrole nitrogens is 1. The van der Waals surface area contributed by atoms with Gasteiger partial charge in [-0.2, -0.15) is 0 Å². The van der Waals surface area contributed by atoms with E-state index in [2.05, 4.69) is 135 Å². The molecule has 14 nitrogen and oxygen atoms in total. The third-order valence-electron chi connectivity index (χ3n) is 16.2. The fourth-order valence-electron chi connectivity index (χ4n) is 12.1. The molecule has 3 aliphatic rings. The van der Waals surface area contributed by atoms with E-state index in [0.29, 0.717) is 22.4 Å². The van der Waals surface area contributed by atoms with Crippen molar-refractivity contribution in [3.8, 4) is 51.0 Å². The molecule has 4 N–H and O–H groups in total. The van der Waals surface area contributed by atoms with Crippen LogP contribution in [0.5, 0.6) is 17.2 Å². The van der Waals surface area contributed by atoms with Gasteiger partial charge in [0.15, 0.2) is 0 Å². The van der Waals surface area contributed by atoms with Crippen LogP contribution in [0.25, 0.3) is 66.9 Å². The van der Waals surface area contributed by atoms with Crippen LogP contribution in [0, 0.1) is 27.7 Å². The molecule has 3 aliphatic carbocycles. The molecule has 87 heavy (non-hydrogen) atoms. The van der Waals surface area contributed by atoms with Crippen LogP contribution in [0.15, 0.2) is 146 Å². The van der Waals surface area contributed by atoms with Gasteiger partial charge in [-0.3, -0.25) is 0 Å². The molecule has 0 atom stereocenters. The van der Waals surface area contributed by atoms with Crippen molar-refractivity contribution in [1.82, 2.24) is 44.0 Å². The summed E-state index contributed by atoms with van der Waals surface area (Å²) in [4.78, 5) is 30.2. The number of halogens is 3. The SMILES string of the molecule is BrC1CCCC1.COc1ccc(-c2cc3c(Cl)ncnc3[nH]2)cc1.COc1ccc(-c2cc3c(Cl)ncnc3n2C2CCCC2)cc1.COc1ccc(-c2cc3c(Nc4cc(C)cc(C)c4)ncnc3n2C2CCCC2)cc1.Cc1cc(C)cc(N)c1. The van der Waals surface area contributed by atoms with Crippen molar-refractivity contribution in [1.29, 1.82) is 0 Å². The molecule has 0 aliphatic heterocycles. The largest absolute Gasteiger partial charge is 0.497 e. The summed E-state index contributed by atoms with van der Waals surface area (Å²) >= 11 is 15.9. The van der Waals surface area contributed by atoms with Gasteiger partial charge in [0, 0.05) is 34.0 Å². The minimum Gasteiger partial charge on any atom is -0.497 e. The van der Waals surface area contributed by atoms with Crippen molar-refractivity contribution in [2.45, 2.75) is 122 Å². The second-order valence-corrected chi connectivity index (χ2v) is 24.6. The quantitative estimate of drug-likeness (QED) is 0.0677. The highest BCUT2D eigenvalue weighted by molar-refractivity contribution is 9.09. The topological polar surface area (TPSA) is 169 Å². The summed E-state index contributed by atoms with van der Waals surface area (Å²) in [6, 6.07) is 44.0.